The highest BCUT2D eigenvalue weighted by Gasteiger charge is 2.33. The molecule has 0 spiro atoms. The standard InChI is InChI=1S/C29H24Cl2N2O5S/c1-15(2)37-28(35)25-16(3)32-29-33(26(25)17-5-8-19(36-4)9-6-17)27(34)24(39-29)14-20-10-12-23(38-20)18-7-11-21(30)22(31)13-18/h5-15,26H,1-4H3/b24-14+/t26-/m0/s1. The van der Waals surface area contributed by atoms with Crippen LogP contribution in [0, 0.1) is 0 Å². The van der Waals surface area contributed by atoms with Crippen LogP contribution in [0.3, 0.4) is 0 Å². The fourth-order valence-corrected chi connectivity index (χ4v) is 5.65. The second kappa shape index (κ2) is 10.9. The lowest BCUT2D eigenvalue weighted by Crippen LogP contribution is -2.40. The molecule has 2 aromatic heterocycles. The molecule has 39 heavy (non-hydrogen) atoms. The van der Waals surface area contributed by atoms with Gasteiger partial charge in [0.25, 0.3) is 5.56 Å². The summed E-state index contributed by atoms with van der Waals surface area (Å²) in [6.07, 6.45) is 1.34. The van der Waals surface area contributed by atoms with Gasteiger partial charge in [-0.2, -0.15) is 0 Å². The minimum Gasteiger partial charge on any atom is -0.497 e. The number of furan rings is 1. The smallest absolute Gasteiger partial charge is 0.338 e. The van der Waals surface area contributed by atoms with E-state index in [4.69, 9.17) is 37.1 Å². The molecule has 2 aromatic carbocycles. The SMILES string of the molecule is COc1ccc([C@H]2C(C(=O)OC(C)C)=C(C)N=c3s/c(=C/c4ccc(-c5ccc(Cl)c(Cl)c5)o4)c(=O)n32)cc1. The number of esters is 1. The summed E-state index contributed by atoms with van der Waals surface area (Å²) in [4.78, 5) is 32.1. The van der Waals surface area contributed by atoms with Gasteiger partial charge >= 0.3 is 5.97 Å². The molecule has 7 nitrogen and oxygen atoms in total. The van der Waals surface area contributed by atoms with Crippen LogP contribution in [0.25, 0.3) is 17.4 Å². The first-order valence-electron chi connectivity index (χ1n) is 12.1. The van der Waals surface area contributed by atoms with Crippen LogP contribution in [0.2, 0.25) is 10.0 Å². The molecular formula is C29H24Cl2N2O5S. The number of thiazole rings is 1. The van der Waals surface area contributed by atoms with Crippen LogP contribution < -0.4 is 19.6 Å². The normalized spacial score (nSPS) is 15.4. The number of benzene rings is 2. The number of hydrogen-bond donors (Lipinski definition) is 0. The van der Waals surface area contributed by atoms with Crippen molar-refractivity contribution in [2.75, 3.05) is 7.11 Å². The number of hydrogen-bond acceptors (Lipinski definition) is 7. The highest BCUT2D eigenvalue weighted by Crippen LogP contribution is 2.32. The molecule has 0 N–H and O–H groups in total. The highest BCUT2D eigenvalue weighted by atomic mass is 35.5. The molecule has 0 aliphatic carbocycles. The van der Waals surface area contributed by atoms with Crippen molar-refractivity contribution < 1.29 is 18.7 Å². The summed E-state index contributed by atoms with van der Waals surface area (Å²) in [7, 11) is 1.58. The average molecular weight is 583 g/mol. The third kappa shape index (κ3) is 5.32. The number of rotatable bonds is 6. The number of methoxy groups -OCH3 is 1. The lowest BCUT2D eigenvalue weighted by atomic mass is 9.96. The van der Waals surface area contributed by atoms with Crippen molar-refractivity contribution in [3.63, 3.8) is 0 Å². The molecule has 200 valence electrons. The van der Waals surface area contributed by atoms with Gasteiger partial charge in [-0.3, -0.25) is 9.36 Å². The molecule has 5 rings (SSSR count). The molecule has 0 saturated carbocycles. The van der Waals surface area contributed by atoms with Crippen LogP contribution in [0.5, 0.6) is 5.75 Å². The van der Waals surface area contributed by atoms with Crippen molar-refractivity contribution >= 4 is 46.6 Å². The summed E-state index contributed by atoms with van der Waals surface area (Å²) in [5.41, 5.74) is 2.00. The Hall–Kier alpha value is -3.59. The zero-order chi connectivity index (χ0) is 27.8. The van der Waals surface area contributed by atoms with Crippen LogP contribution in [-0.2, 0) is 9.53 Å². The van der Waals surface area contributed by atoms with Crippen molar-refractivity contribution in [3.8, 4) is 17.1 Å². The maximum Gasteiger partial charge on any atom is 0.338 e. The minimum absolute atomic E-state index is 0.297. The number of halogens is 2. The zero-order valence-electron chi connectivity index (χ0n) is 21.5. The zero-order valence-corrected chi connectivity index (χ0v) is 23.9. The Morgan fingerprint density at radius 3 is 2.51 bits per heavy atom. The fraction of sp³-hybridized carbons (Fsp3) is 0.207. The third-order valence-corrected chi connectivity index (χ3v) is 7.84. The Labute approximate surface area is 238 Å². The molecule has 0 amide bonds. The quantitative estimate of drug-likeness (QED) is 0.270. The number of nitrogens with zero attached hydrogens (tertiary/aromatic N) is 2. The van der Waals surface area contributed by atoms with Crippen LogP contribution in [-0.4, -0.2) is 23.8 Å². The predicted molar refractivity (Wildman–Crippen MR) is 152 cm³/mol. The Morgan fingerprint density at radius 1 is 1.10 bits per heavy atom. The number of carbonyl (C=O) groups is 1. The fourth-order valence-electron chi connectivity index (χ4n) is 4.33. The lowest BCUT2D eigenvalue weighted by molar-refractivity contribution is -0.143. The largest absolute Gasteiger partial charge is 0.497 e. The first-order chi connectivity index (χ1) is 18.7. The van der Waals surface area contributed by atoms with Crippen molar-refractivity contribution in [3.05, 3.63) is 107 Å². The van der Waals surface area contributed by atoms with Crippen molar-refractivity contribution in [2.24, 2.45) is 4.99 Å². The first-order valence-corrected chi connectivity index (χ1v) is 13.7. The van der Waals surface area contributed by atoms with E-state index in [0.29, 0.717) is 47.9 Å². The average Bonchev–Trinajstić information content (AvgIpc) is 3.49. The number of fused-ring (bicyclic) bond motifs is 1. The molecule has 10 heteroatoms. The summed E-state index contributed by atoms with van der Waals surface area (Å²) in [6, 6.07) is 15.3. The molecule has 0 unspecified atom stereocenters. The van der Waals surface area contributed by atoms with Gasteiger partial charge in [0, 0.05) is 11.6 Å². The van der Waals surface area contributed by atoms with Crippen molar-refractivity contribution in [2.45, 2.75) is 32.9 Å². The maximum absolute atomic E-state index is 13.8. The summed E-state index contributed by atoms with van der Waals surface area (Å²) < 4.78 is 18.8. The van der Waals surface area contributed by atoms with E-state index in [1.54, 1.807) is 76.4 Å². The highest BCUT2D eigenvalue weighted by molar-refractivity contribution is 7.07. The van der Waals surface area contributed by atoms with E-state index in [1.165, 1.54) is 15.9 Å². The Bertz CT molecular complexity index is 1780. The van der Waals surface area contributed by atoms with Gasteiger partial charge in [-0.25, -0.2) is 9.79 Å². The summed E-state index contributed by atoms with van der Waals surface area (Å²) in [5, 5.41) is 0.868. The van der Waals surface area contributed by atoms with Crippen molar-refractivity contribution in [1.29, 1.82) is 0 Å². The van der Waals surface area contributed by atoms with Gasteiger partial charge in [0.2, 0.25) is 0 Å². The van der Waals surface area contributed by atoms with E-state index < -0.39 is 12.0 Å². The second-order valence-electron chi connectivity index (χ2n) is 9.14. The molecule has 1 atom stereocenters. The molecule has 1 aliphatic heterocycles. The molecule has 0 fully saturated rings. The lowest BCUT2D eigenvalue weighted by Gasteiger charge is -2.25. The molecule has 4 aromatic rings. The first kappa shape index (κ1) is 27.0. The molecule has 1 aliphatic rings. The van der Waals surface area contributed by atoms with E-state index >= 15 is 0 Å². The van der Waals surface area contributed by atoms with Gasteiger partial charge in [-0.1, -0.05) is 46.7 Å². The maximum atomic E-state index is 13.8. The van der Waals surface area contributed by atoms with Crippen LogP contribution in [0.4, 0.5) is 0 Å². The Morgan fingerprint density at radius 2 is 1.85 bits per heavy atom. The van der Waals surface area contributed by atoms with E-state index in [-0.39, 0.29) is 11.7 Å². The molecule has 0 bridgehead atoms. The van der Waals surface area contributed by atoms with E-state index in [1.807, 2.05) is 12.1 Å². The van der Waals surface area contributed by atoms with Gasteiger partial charge in [0.15, 0.2) is 4.80 Å². The van der Waals surface area contributed by atoms with Crippen molar-refractivity contribution in [1.82, 2.24) is 4.57 Å². The molecule has 0 saturated heterocycles. The monoisotopic (exact) mass is 582 g/mol. The van der Waals surface area contributed by atoms with E-state index in [9.17, 15) is 9.59 Å². The van der Waals surface area contributed by atoms with Gasteiger partial charge in [0.1, 0.15) is 17.3 Å². The minimum atomic E-state index is -0.719. The number of carbonyl (C=O) groups excluding carboxylic acids is 1. The van der Waals surface area contributed by atoms with E-state index in [0.717, 1.165) is 11.1 Å². The molecular weight excluding hydrogens is 559 g/mol. The summed E-state index contributed by atoms with van der Waals surface area (Å²) >= 11 is 13.4. The van der Waals surface area contributed by atoms with Gasteiger partial charge in [0.05, 0.1) is 45.1 Å². The number of aromatic nitrogens is 1. The van der Waals surface area contributed by atoms with Gasteiger partial charge in [-0.05, 0) is 68.8 Å². The van der Waals surface area contributed by atoms with E-state index in [2.05, 4.69) is 4.99 Å². The Balaban J connectivity index is 1.62. The van der Waals surface area contributed by atoms with Crippen LogP contribution >= 0.6 is 34.5 Å². The summed E-state index contributed by atoms with van der Waals surface area (Å²) in [6.45, 7) is 5.31. The predicted octanol–water partition coefficient (Wildman–Crippen LogP) is 5.76. The van der Waals surface area contributed by atoms with Crippen LogP contribution in [0.1, 0.15) is 38.1 Å². The third-order valence-electron chi connectivity index (χ3n) is 6.12. The topological polar surface area (TPSA) is 83.0 Å². The second-order valence-corrected chi connectivity index (χ2v) is 11.0. The molecule has 3 heterocycles. The van der Waals surface area contributed by atoms with Gasteiger partial charge < -0.3 is 13.9 Å². The number of allylic oxidation sites excluding steroid dienone is 1. The summed E-state index contributed by atoms with van der Waals surface area (Å²) in [5.74, 6) is 1.21. The number of ether oxygens (including phenoxy) is 2. The molecule has 0 radical (unpaired) electrons. The Kier molecular flexibility index (Phi) is 7.53. The van der Waals surface area contributed by atoms with Gasteiger partial charge in [-0.15, -0.1) is 0 Å². The van der Waals surface area contributed by atoms with Crippen LogP contribution in [0.15, 0.2) is 80.1 Å².